The number of para-hydroxylation sites is 2. The molecule has 8 nitrogen and oxygen atoms in total. The lowest BCUT2D eigenvalue weighted by atomic mass is 10.1. The number of benzene rings is 4. The Bertz CT molecular complexity index is 1830. The third kappa shape index (κ3) is 8.77. The van der Waals surface area contributed by atoms with Gasteiger partial charge in [-0.3, -0.25) is 14.4 Å². The topological polar surface area (TPSA) is 110 Å². The van der Waals surface area contributed by atoms with Crippen LogP contribution in [0.3, 0.4) is 0 Å². The van der Waals surface area contributed by atoms with Gasteiger partial charge in [-0.25, -0.2) is 0 Å². The van der Waals surface area contributed by atoms with Crippen LogP contribution >= 0.6 is 11.8 Å². The van der Waals surface area contributed by atoms with Crippen LogP contribution in [0.5, 0.6) is 5.75 Å². The maximum atomic E-state index is 13.4. The van der Waals surface area contributed by atoms with Crippen LogP contribution in [-0.2, 0) is 9.59 Å². The first-order valence-electron chi connectivity index (χ1n) is 14.7. The average molecular weight is 632 g/mol. The number of hydrogen-bond donors (Lipinski definition) is 3. The fraction of sp³-hybridized carbons (Fsp3) is 0.108. The summed E-state index contributed by atoms with van der Waals surface area (Å²) in [5.74, 6) is 0.742. The largest absolute Gasteiger partial charge is 0.492 e. The van der Waals surface area contributed by atoms with Crippen molar-refractivity contribution in [3.63, 3.8) is 0 Å². The van der Waals surface area contributed by atoms with Crippen LogP contribution in [0.4, 0.5) is 11.4 Å². The van der Waals surface area contributed by atoms with Crippen LogP contribution in [0.1, 0.15) is 28.6 Å². The van der Waals surface area contributed by atoms with E-state index >= 15 is 0 Å². The summed E-state index contributed by atoms with van der Waals surface area (Å²) in [6, 6.07) is 34.5. The molecular weight excluding hydrogens is 598 g/mol. The van der Waals surface area contributed by atoms with E-state index in [9.17, 15) is 14.4 Å². The van der Waals surface area contributed by atoms with Crippen LogP contribution in [0, 0.1) is 6.92 Å². The summed E-state index contributed by atoms with van der Waals surface area (Å²) < 4.78 is 11.6. The zero-order valence-corrected chi connectivity index (χ0v) is 26.2. The van der Waals surface area contributed by atoms with E-state index in [2.05, 4.69) is 16.0 Å². The first-order chi connectivity index (χ1) is 22.4. The molecule has 4 aromatic carbocycles. The molecule has 1 aromatic heterocycles. The Morgan fingerprint density at radius 3 is 2.26 bits per heavy atom. The van der Waals surface area contributed by atoms with E-state index in [1.807, 2.05) is 80.6 Å². The van der Waals surface area contributed by atoms with Crippen LogP contribution in [0.2, 0.25) is 0 Å². The van der Waals surface area contributed by atoms with E-state index in [4.69, 9.17) is 9.15 Å². The van der Waals surface area contributed by atoms with Crippen molar-refractivity contribution in [2.24, 2.45) is 0 Å². The minimum absolute atomic E-state index is 0.0149. The maximum absolute atomic E-state index is 13.4. The highest BCUT2D eigenvalue weighted by atomic mass is 32.2. The molecule has 5 aromatic rings. The highest BCUT2D eigenvalue weighted by Gasteiger charge is 2.17. The van der Waals surface area contributed by atoms with Gasteiger partial charge in [-0.2, -0.15) is 0 Å². The zero-order chi connectivity index (χ0) is 32.3. The van der Waals surface area contributed by atoms with Gasteiger partial charge in [0.15, 0.2) is 0 Å². The van der Waals surface area contributed by atoms with E-state index in [0.29, 0.717) is 40.8 Å². The van der Waals surface area contributed by atoms with E-state index in [1.165, 1.54) is 17.8 Å². The van der Waals surface area contributed by atoms with Crippen molar-refractivity contribution in [2.75, 3.05) is 23.0 Å². The molecule has 3 N–H and O–H groups in total. The Morgan fingerprint density at radius 2 is 1.52 bits per heavy atom. The molecule has 0 aliphatic heterocycles. The minimum Gasteiger partial charge on any atom is -0.492 e. The van der Waals surface area contributed by atoms with Crippen molar-refractivity contribution in [2.45, 2.75) is 18.7 Å². The molecule has 0 spiro atoms. The van der Waals surface area contributed by atoms with Gasteiger partial charge in [-0.15, -0.1) is 11.8 Å². The molecule has 0 saturated carbocycles. The number of ether oxygens (including phenoxy) is 1. The molecule has 0 saturated heterocycles. The fourth-order valence-electron chi connectivity index (χ4n) is 4.41. The van der Waals surface area contributed by atoms with Gasteiger partial charge in [0.2, 0.25) is 5.91 Å². The number of aryl methyl sites for hydroxylation is 1. The zero-order valence-electron chi connectivity index (χ0n) is 25.4. The summed E-state index contributed by atoms with van der Waals surface area (Å²) in [4.78, 5) is 39.9. The van der Waals surface area contributed by atoms with Gasteiger partial charge in [0.1, 0.15) is 23.0 Å². The SMILES string of the molecule is CCOc1ccccc1NC(=O)CSc1ccc(NC(=O)/C(=C/c2ccc(-c3ccc(C)cc3)o2)NC(=O)c2ccccc2)cc1. The lowest BCUT2D eigenvalue weighted by Gasteiger charge is -2.12. The van der Waals surface area contributed by atoms with Gasteiger partial charge in [0.05, 0.1) is 18.0 Å². The molecule has 0 aliphatic rings. The Balaban J connectivity index is 1.25. The third-order valence-corrected chi connectivity index (χ3v) is 7.73. The quantitative estimate of drug-likeness (QED) is 0.0958. The van der Waals surface area contributed by atoms with E-state index < -0.39 is 11.8 Å². The predicted molar refractivity (Wildman–Crippen MR) is 183 cm³/mol. The van der Waals surface area contributed by atoms with Crippen LogP contribution < -0.4 is 20.7 Å². The lowest BCUT2D eigenvalue weighted by molar-refractivity contribution is -0.114. The molecule has 232 valence electrons. The highest BCUT2D eigenvalue weighted by Crippen LogP contribution is 2.26. The number of carbonyl (C=O) groups excluding carboxylic acids is 3. The second kappa shape index (κ2) is 15.5. The van der Waals surface area contributed by atoms with Gasteiger partial charge in [-0.05, 0) is 74.5 Å². The number of anilines is 2. The second-order valence-corrected chi connectivity index (χ2v) is 11.2. The summed E-state index contributed by atoms with van der Waals surface area (Å²) in [5.41, 5.74) is 3.60. The van der Waals surface area contributed by atoms with Crippen LogP contribution in [-0.4, -0.2) is 30.1 Å². The van der Waals surface area contributed by atoms with Crippen molar-refractivity contribution in [1.29, 1.82) is 0 Å². The standard InChI is InChI=1S/C37H33N3O5S/c1-3-44-34-12-8-7-11-31(34)39-35(41)24-46-30-20-17-28(18-21-30)38-37(43)32(40-36(42)27-9-5-4-6-10-27)23-29-19-22-33(45-29)26-15-13-25(2)14-16-26/h4-23H,3,24H2,1-2H3,(H,38,43)(H,39,41)(H,40,42)/b32-23-. The van der Waals surface area contributed by atoms with Crippen molar-refractivity contribution in [1.82, 2.24) is 5.32 Å². The molecule has 0 bridgehead atoms. The Kier molecular flexibility index (Phi) is 10.7. The van der Waals surface area contributed by atoms with Crippen molar-refractivity contribution in [3.8, 4) is 17.1 Å². The summed E-state index contributed by atoms with van der Waals surface area (Å²) >= 11 is 1.36. The maximum Gasteiger partial charge on any atom is 0.272 e. The minimum atomic E-state index is -0.523. The molecule has 0 fully saturated rings. The van der Waals surface area contributed by atoms with Crippen molar-refractivity contribution in [3.05, 3.63) is 138 Å². The first-order valence-corrected chi connectivity index (χ1v) is 15.7. The Hall–Kier alpha value is -5.54. The number of nitrogens with one attached hydrogen (secondary N) is 3. The normalized spacial score (nSPS) is 11.0. The Labute approximate surface area is 271 Å². The molecule has 46 heavy (non-hydrogen) atoms. The van der Waals surface area contributed by atoms with E-state index in [-0.39, 0.29) is 17.4 Å². The van der Waals surface area contributed by atoms with Crippen molar-refractivity contribution >= 4 is 46.9 Å². The molecule has 0 atom stereocenters. The summed E-state index contributed by atoms with van der Waals surface area (Å²) in [6.45, 7) is 4.40. The predicted octanol–water partition coefficient (Wildman–Crippen LogP) is 7.79. The van der Waals surface area contributed by atoms with Crippen molar-refractivity contribution < 1.29 is 23.5 Å². The molecule has 0 radical (unpaired) electrons. The van der Waals surface area contributed by atoms with E-state index in [1.54, 1.807) is 48.5 Å². The number of carbonyl (C=O) groups is 3. The number of thioether (sulfide) groups is 1. The third-order valence-electron chi connectivity index (χ3n) is 6.72. The number of hydrogen-bond acceptors (Lipinski definition) is 6. The molecule has 0 unspecified atom stereocenters. The van der Waals surface area contributed by atoms with Gasteiger partial charge in [0, 0.05) is 27.8 Å². The number of rotatable bonds is 12. The van der Waals surface area contributed by atoms with E-state index in [0.717, 1.165) is 16.0 Å². The lowest BCUT2D eigenvalue weighted by Crippen LogP contribution is -2.30. The monoisotopic (exact) mass is 631 g/mol. The molecule has 1 heterocycles. The second-order valence-electron chi connectivity index (χ2n) is 10.2. The summed E-state index contributed by atoms with van der Waals surface area (Å²) in [6.07, 6.45) is 1.50. The van der Waals surface area contributed by atoms with Crippen LogP contribution in [0.25, 0.3) is 17.4 Å². The average Bonchev–Trinajstić information content (AvgIpc) is 3.54. The van der Waals surface area contributed by atoms with Gasteiger partial charge >= 0.3 is 0 Å². The van der Waals surface area contributed by atoms with Crippen LogP contribution in [0.15, 0.2) is 130 Å². The van der Waals surface area contributed by atoms with Gasteiger partial charge in [-0.1, -0.05) is 60.2 Å². The summed E-state index contributed by atoms with van der Waals surface area (Å²) in [7, 11) is 0. The number of furan rings is 1. The number of amides is 3. The highest BCUT2D eigenvalue weighted by molar-refractivity contribution is 8.00. The molecular formula is C37H33N3O5S. The molecule has 0 aliphatic carbocycles. The van der Waals surface area contributed by atoms with Gasteiger partial charge in [0.25, 0.3) is 11.8 Å². The smallest absolute Gasteiger partial charge is 0.272 e. The molecule has 3 amide bonds. The fourth-order valence-corrected chi connectivity index (χ4v) is 5.11. The molecule has 5 rings (SSSR count). The summed E-state index contributed by atoms with van der Waals surface area (Å²) in [5, 5.41) is 8.45. The Morgan fingerprint density at radius 1 is 0.804 bits per heavy atom. The molecule has 9 heteroatoms. The first kappa shape index (κ1) is 31.9. The van der Waals surface area contributed by atoms with Gasteiger partial charge < -0.3 is 25.1 Å².